The number of amides is 2. The van der Waals surface area contributed by atoms with Crippen LogP contribution in [-0.4, -0.2) is 29.6 Å². The number of rotatable bonds is 1. The van der Waals surface area contributed by atoms with Gasteiger partial charge in [0.05, 0.1) is 11.4 Å². The zero-order valence-electron chi connectivity index (χ0n) is 10.2. The molecule has 3 N–H and O–H groups in total. The number of aliphatic imine (C=N–C) groups is 2. The monoisotopic (exact) mass is 256 g/mol. The lowest BCUT2D eigenvalue weighted by Gasteiger charge is -2.14. The van der Waals surface area contributed by atoms with Crippen LogP contribution in [0.2, 0.25) is 0 Å². The molecule has 7 nitrogen and oxygen atoms in total. The Labute approximate surface area is 109 Å². The topological polar surface area (TPSA) is 95.4 Å². The van der Waals surface area contributed by atoms with E-state index in [9.17, 15) is 4.79 Å². The smallest absolute Gasteiger partial charge is 0.318 e. The fourth-order valence-corrected chi connectivity index (χ4v) is 2.02. The molecule has 2 amide bonds. The second-order valence-electron chi connectivity index (χ2n) is 4.20. The van der Waals surface area contributed by atoms with Crippen LogP contribution in [0.1, 0.15) is 6.92 Å². The van der Waals surface area contributed by atoms with Gasteiger partial charge in [-0.25, -0.2) is 14.8 Å². The molecule has 0 bridgehead atoms. The highest BCUT2D eigenvalue weighted by Crippen LogP contribution is 2.25. The van der Waals surface area contributed by atoms with Crippen LogP contribution >= 0.6 is 0 Å². The Kier molecular flexibility index (Phi) is 2.52. The highest BCUT2D eigenvalue weighted by Gasteiger charge is 2.36. The molecular weight excluding hydrogens is 244 g/mol. The van der Waals surface area contributed by atoms with Gasteiger partial charge in [-0.05, 0) is 19.1 Å². The third-order valence-corrected chi connectivity index (χ3v) is 2.82. The molecular formula is C12H12N6O. The van der Waals surface area contributed by atoms with Crippen LogP contribution in [0.15, 0.2) is 45.4 Å². The summed E-state index contributed by atoms with van der Waals surface area (Å²) in [5, 5.41) is 8.53. The highest BCUT2D eigenvalue weighted by atomic mass is 16.2. The number of nitrogens with zero attached hydrogens (tertiary/aromatic N) is 4. The van der Waals surface area contributed by atoms with Gasteiger partial charge >= 0.3 is 6.03 Å². The van der Waals surface area contributed by atoms with Gasteiger partial charge in [-0.3, -0.25) is 5.32 Å². The fraction of sp³-hybridized carbons (Fsp3) is 0.167. The molecule has 0 spiro atoms. The van der Waals surface area contributed by atoms with E-state index in [-0.39, 0.29) is 12.0 Å². The van der Waals surface area contributed by atoms with Gasteiger partial charge in [-0.2, -0.15) is 10.1 Å². The van der Waals surface area contributed by atoms with Gasteiger partial charge in [0.1, 0.15) is 0 Å². The second-order valence-corrected chi connectivity index (χ2v) is 4.20. The molecule has 0 aromatic heterocycles. The van der Waals surface area contributed by atoms with Crippen LogP contribution in [0.4, 0.5) is 10.5 Å². The van der Waals surface area contributed by atoms with Crippen molar-refractivity contribution in [3.05, 3.63) is 30.3 Å². The number of carbonyl (C=O) groups is 1. The van der Waals surface area contributed by atoms with Gasteiger partial charge < -0.3 is 5.73 Å². The van der Waals surface area contributed by atoms with E-state index in [1.807, 2.05) is 37.3 Å². The summed E-state index contributed by atoms with van der Waals surface area (Å²) in [5.41, 5.74) is 6.78. The van der Waals surface area contributed by atoms with E-state index < -0.39 is 6.03 Å². The number of anilines is 1. The number of guanidine groups is 1. The molecule has 7 heteroatoms. The number of hydrogen-bond donors (Lipinski definition) is 2. The number of nitrogens with one attached hydrogen (secondary N) is 1. The van der Waals surface area contributed by atoms with Crippen molar-refractivity contribution < 1.29 is 4.79 Å². The lowest BCUT2D eigenvalue weighted by molar-refractivity contribution is 0.253. The maximum absolute atomic E-state index is 10.8. The first-order valence-corrected chi connectivity index (χ1v) is 5.78. The molecule has 1 unspecified atom stereocenters. The summed E-state index contributed by atoms with van der Waals surface area (Å²) in [5.74, 6) is 0.898. The SMILES string of the molecule is CC1=NN(c2ccccc2)C2=NC(NC(N)=O)=NC12. The Morgan fingerprint density at radius 3 is 2.79 bits per heavy atom. The average Bonchev–Trinajstić information content (AvgIpc) is 2.90. The van der Waals surface area contributed by atoms with Gasteiger partial charge in [-0.15, -0.1) is 0 Å². The van der Waals surface area contributed by atoms with Crippen LogP contribution in [0.3, 0.4) is 0 Å². The van der Waals surface area contributed by atoms with E-state index in [1.165, 1.54) is 0 Å². The highest BCUT2D eigenvalue weighted by molar-refractivity contribution is 6.26. The fourth-order valence-electron chi connectivity index (χ4n) is 2.02. The summed E-state index contributed by atoms with van der Waals surface area (Å²) in [4.78, 5) is 19.4. The summed E-state index contributed by atoms with van der Waals surface area (Å²) in [6.45, 7) is 1.87. The quantitative estimate of drug-likeness (QED) is 0.773. The Hall–Kier alpha value is -2.70. The molecule has 1 atom stereocenters. The molecule has 0 fully saturated rings. The second kappa shape index (κ2) is 4.20. The Balaban J connectivity index is 1.93. The molecule has 2 aliphatic rings. The summed E-state index contributed by atoms with van der Waals surface area (Å²) in [6, 6.07) is 8.72. The molecule has 0 saturated heterocycles. The molecule has 0 saturated carbocycles. The van der Waals surface area contributed by atoms with Gasteiger partial charge in [0.15, 0.2) is 11.9 Å². The number of primary amides is 1. The molecule has 1 aromatic rings. The Morgan fingerprint density at radius 1 is 1.37 bits per heavy atom. The van der Waals surface area contributed by atoms with Gasteiger partial charge in [0.2, 0.25) is 5.96 Å². The minimum Gasteiger partial charge on any atom is -0.351 e. The Morgan fingerprint density at radius 2 is 2.11 bits per heavy atom. The zero-order valence-corrected chi connectivity index (χ0v) is 10.2. The summed E-state index contributed by atoms with van der Waals surface area (Å²) in [6.07, 6.45) is 0. The normalized spacial score (nSPS) is 20.6. The summed E-state index contributed by atoms with van der Waals surface area (Å²) in [7, 11) is 0. The van der Waals surface area contributed by atoms with Crippen molar-refractivity contribution >= 4 is 29.2 Å². The van der Waals surface area contributed by atoms with E-state index in [4.69, 9.17) is 5.73 Å². The predicted octanol–water partition coefficient (Wildman–Crippen LogP) is 0.688. The molecule has 0 radical (unpaired) electrons. The lowest BCUT2D eigenvalue weighted by Crippen LogP contribution is -2.33. The van der Waals surface area contributed by atoms with E-state index in [2.05, 4.69) is 20.4 Å². The lowest BCUT2D eigenvalue weighted by atomic mass is 10.2. The van der Waals surface area contributed by atoms with Crippen LogP contribution in [0.5, 0.6) is 0 Å². The molecule has 2 aliphatic heterocycles. The number of benzene rings is 1. The number of hydrazone groups is 1. The minimum atomic E-state index is -0.677. The average molecular weight is 256 g/mol. The van der Waals surface area contributed by atoms with Crippen molar-refractivity contribution in [1.29, 1.82) is 0 Å². The number of carbonyl (C=O) groups excluding carboxylic acids is 1. The van der Waals surface area contributed by atoms with Crippen molar-refractivity contribution in [2.75, 3.05) is 5.01 Å². The zero-order chi connectivity index (χ0) is 13.4. The Bertz CT molecular complexity index is 618. The van der Waals surface area contributed by atoms with Gasteiger partial charge in [0, 0.05) is 0 Å². The number of para-hydroxylation sites is 1. The first-order valence-electron chi connectivity index (χ1n) is 5.78. The summed E-state index contributed by atoms with van der Waals surface area (Å²) < 4.78 is 0. The van der Waals surface area contributed by atoms with Crippen LogP contribution in [0.25, 0.3) is 0 Å². The maximum atomic E-state index is 10.8. The molecule has 3 rings (SSSR count). The maximum Gasteiger partial charge on any atom is 0.318 e. The van der Waals surface area contributed by atoms with Crippen molar-refractivity contribution in [2.24, 2.45) is 20.8 Å². The molecule has 1 aromatic carbocycles. The molecule has 2 heterocycles. The van der Waals surface area contributed by atoms with Crippen molar-refractivity contribution in [1.82, 2.24) is 5.32 Å². The molecule has 0 aliphatic carbocycles. The van der Waals surface area contributed by atoms with E-state index in [1.54, 1.807) is 5.01 Å². The number of amidine groups is 1. The van der Waals surface area contributed by atoms with Gasteiger partial charge in [-0.1, -0.05) is 18.2 Å². The minimum absolute atomic E-state index is 0.225. The van der Waals surface area contributed by atoms with Crippen molar-refractivity contribution in [3.63, 3.8) is 0 Å². The first-order chi connectivity index (χ1) is 9.15. The number of urea groups is 1. The third-order valence-electron chi connectivity index (χ3n) is 2.82. The standard InChI is InChI=1S/C12H12N6O/c1-7-9-10(15-12(14-9)16-11(13)19)18(17-7)8-5-3-2-4-6-8/h2-6,9H,1H3,(H3,13,14,16,19). The molecule has 96 valence electrons. The third kappa shape index (κ3) is 1.95. The molecule has 19 heavy (non-hydrogen) atoms. The van der Waals surface area contributed by atoms with Gasteiger partial charge in [0.25, 0.3) is 0 Å². The predicted molar refractivity (Wildman–Crippen MR) is 73.4 cm³/mol. The van der Waals surface area contributed by atoms with Crippen LogP contribution in [-0.2, 0) is 0 Å². The number of fused-ring (bicyclic) bond motifs is 1. The van der Waals surface area contributed by atoms with Crippen LogP contribution < -0.4 is 16.1 Å². The summed E-state index contributed by atoms with van der Waals surface area (Å²) >= 11 is 0. The van der Waals surface area contributed by atoms with E-state index >= 15 is 0 Å². The van der Waals surface area contributed by atoms with Crippen LogP contribution in [0, 0.1) is 0 Å². The van der Waals surface area contributed by atoms with E-state index in [0.717, 1.165) is 11.4 Å². The largest absolute Gasteiger partial charge is 0.351 e. The van der Waals surface area contributed by atoms with Crippen molar-refractivity contribution in [3.8, 4) is 0 Å². The van der Waals surface area contributed by atoms with Crippen molar-refractivity contribution in [2.45, 2.75) is 13.0 Å². The first kappa shape index (κ1) is 11.4. The number of hydrogen-bond acceptors (Lipinski definition) is 5. The van der Waals surface area contributed by atoms with E-state index in [0.29, 0.717) is 5.84 Å². The number of nitrogens with two attached hydrogens (primary N) is 1.